The van der Waals surface area contributed by atoms with Crippen LogP contribution in [0.3, 0.4) is 0 Å². The van der Waals surface area contributed by atoms with Crippen LogP contribution in [0.5, 0.6) is 5.75 Å². The maximum Gasteiger partial charge on any atom is 0.120 e. The molecule has 2 bridgehead atoms. The second-order valence-electron chi connectivity index (χ2n) is 5.28. The summed E-state index contributed by atoms with van der Waals surface area (Å²) in [5.41, 5.74) is 7.12. The number of hydrogen-bond acceptors (Lipinski definition) is 4. The number of piperidine rings is 1. The highest BCUT2D eigenvalue weighted by Crippen LogP contribution is 2.30. The monoisotopic (exact) mass is 245 g/mol. The average Bonchev–Trinajstić information content (AvgIpc) is 2.71. The summed E-state index contributed by atoms with van der Waals surface area (Å²) in [7, 11) is 0. The van der Waals surface area contributed by atoms with Gasteiger partial charge in [0.25, 0.3) is 0 Å². The summed E-state index contributed by atoms with van der Waals surface area (Å²) < 4.78 is 6.03. The van der Waals surface area contributed by atoms with Crippen LogP contribution in [0, 0.1) is 5.41 Å². The number of hydrogen-bond donors (Lipinski definition) is 3. The van der Waals surface area contributed by atoms with Crippen molar-refractivity contribution in [2.45, 2.75) is 43.9 Å². The Morgan fingerprint density at radius 1 is 1.28 bits per heavy atom. The van der Waals surface area contributed by atoms with Crippen molar-refractivity contribution in [1.82, 2.24) is 5.32 Å². The molecule has 18 heavy (non-hydrogen) atoms. The second kappa shape index (κ2) is 4.61. The molecular formula is C14H19N3O. The van der Waals surface area contributed by atoms with Gasteiger partial charge in [-0.2, -0.15) is 0 Å². The van der Waals surface area contributed by atoms with Gasteiger partial charge in [0.05, 0.1) is 0 Å². The molecule has 0 aliphatic carbocycles. The smallest absolute Gasteiger partial charge is 0.120 e. The van der Waals surface area contributed by atoms with Crippen molar-refractivity contribution in [1.29, 1.82) is 5.41 Å². The van der Waals surface area contributed by atoms with E-state index in [0.29, 0.717) is 23.9 Å². The fourth-order valence-electron chi connectivity index (χ4n) is 3.04. The molecule has 2 atom stereocenters. The van der Waals surface area contributed by atoms with Crippen LogP contribution in [0.4, 0.5) is 5.69 Å². The number of nitrogens with two attached hydrogens (primary N) is 1. The predicted octanol–water partition coefficient (Wildman–Crippen LogP) is 1.93. The van der Waals surface area contributed by atoms with Crippen LogP contribution in [0.1, 0.15) is 31.2 Å². The topological polar surface area (TPSA) is 71.1 Å². The third-order valence-electron chi connectivity index (χ3n) is 3.95. The minimum atomic E-state index is 0.297. The van der Waals surface area contributed by atoms with E-state index in [9.17, 15) is 0 Å². The van der Waals surface area contributed by atoms with E-state index in [1.807, 2.05) is 18.2 Å². The molecule has 2 fully saturated rings. The Kier molecular flexibility index (Phi) is 2.96. The molecule has 1 aromatic carbocycles. The van der Waals surface area contributed by atoms with Gasteiger partial charge in [0.1, 0.15) is 11.9 Å². The van der Waals surface area contributed by atoms with E-state index in [1.54, 1.807) is 0 Å². The molecule has 2 aliphatic rings. The summed E-state index contributed by atoms with van der Waals surface area (Å²) in [6.07, 6.45) is 6.29. The maximum atomic E-state index is 7.30. The molecule has 0 amide bonds. The average molecular weight is 245 g/mol. The van der Waals surface area contributed by atoms with Gasteiger partial charge in [0, 0.05) is 29.5 Å². The lowest BCUT2D eigenvalue weighted by Crippen LogP contribution is -2.42. The van der Waals surface area contributed by atoms with E-state index in [-0.39, 0.29) is 0 Å². The SMILES string of the molecule is N=Cc1cc(OC2CC3CCC(C2)N3)ccc1N. The van der Waals surface area contributed by atoms with E-state index in [4.69, 9.17) is 15.9 Å². The van der Waals surface area contributed by atoms with Crippen molar-refractivity contribution in [3.8, 4) is 5.75 Å². The van der Waals surface area contributed by atoms with E-state index in [2.05, 4.69) is 5.32 Å². The molecule has 0 radical (unpaired) electrons. The summed E-state index contributed by atoms with van der Waals surface area (Å²) in [5.74, 6) is 0.828. The number of benzene rings is 1. The van der Waals surface area contributed by atoms with Gasteiger partial charge in [-0.15, -0.1) is 0 Å². The highest BCUT2D eigenvalue weighted by molar-refractivity contribution is 5.85. The first kappa shape index (κ1) is 11.5. The number of anilines is 1. The summed E-state index contributed by atoms with van der Waals surface area (Å²) in [5, 5.41) is 10.9. The minimum Gasteiger partial charge on any atom is -0.490 e. The molecular weight excluding hydrogens is 226 g/mol. The van der Waals surface area contributed by atoms with Gasteiger partial charge in [-0.25, -0.2) is 0 Å². The number of ether oxygens (including phenoxy) is 1. The summed E-state index contributed by atoms with van der Waals surface area (Å²) in [4.78, 5) is 0. The fraction of sp³-hybridized carbons (Fsp3) is 0.500. The summed E-state index contributed by atoms with van der Waals surface area (Å²) in [6, 6.07) is 6.82. The highest BCUT2D eigenvalue weighted by atomic mass is 16.5. The number of fused-ring (bicyclic) bond motifs is 2. The first-order valence-electron chi connectivity index (χ1n) is 6.57. The molecule has 2 saturated heterocycles. The Morgan fingerprint density at radius 3 is 2.67 bits per heavy atom. The molecule has 0 aromatic heterocycles. The van der Waals surface area contributed by atoms with Gasteiger partial charge < -0.3 is 21.2 Å². The Morgan fingerprint density at radius 2 is 2.00 bits per heavy atom. The van der Waals surface area contributed by atoms with Crippen molar-refractivity contribution in [3.63, 3.8) is 0 Å². The standard InChI is InChI=1S/C14H19N3O/c15-8-9-5-12(3-4-14(9)16)18-13-6-10-1-2-11(7-13)17-10/h3-5,8,10-11,13,15,17H,1-2,6-7,16H2. The zero-order chi connectivity index (χ0) is 12.5. The predicted molar refractivity (Wildman–Crippen MR) is 72.3 cm³/mol. The van der Waals surface area contributed by atoms with Crippen LogP contribution in [0.15, 0.2) is 18.2 Å². The maximum absolute atomic E-state index is 7.30. The molecule has 3 rings (SSSR count). The summed E-state index contributed by atoms with van der Waals surface area (Å²) >= 11 is 0. The van der Waals surface area contributed by atoms with Crippen LogP contribution in [0.2, 0.25) is 0 Å². The van der Waals surface area contributed by atoms with Crippen molar-refractivity contribution in [3.05, 3.63) is 23.8 Å². The van der Waals surface area contributed by atoms with E-state index in [1.165, 1.54) is 19.1 Å². The Balaban J connectivity index is 1.71. The van der Waals surface area contributed by atoms with Crippen LogP contribution in [-0.2, 0) is 0 Å². The largest absolute Gasteiger partial charge is 0.490 e. The molecule has 2 heterocycles. The van der Waals surface area contributed by atoms with Crippen molar-refractivity contribution >= 4 is 11.9 Å². The molecule has 4 nitrogen and oxygen atoms in total. The van der Waals surface area contributed by atoms with Crippen molar-refractivity contribution in [2.75, 3.05) is 5.73 Å². The molecule has 1 aromatic rings. The van der Waals surface area contributed by atoms with Crippen LogP contribution >= 0.6 is 0 Å². The fourth-order valence-corrected chi connectivity index (χ4v) is 3.04. The number of rotatable bonds is 3. The zero-order valence-electron chi connectivity index (χ0n) is 10.4. The Bertz CT molecular complexity index is 448. The lowest BCUT2D eigenvalue weighted by Gasteiger charge is -2.29. The highest BCUT2D eigenvalue weighted by Gasteiger charge is 2.34. The number of nitrogens with one attached hydrogen (secondary N) is 2. The molecule has 0 spiro atoms. The number of nitrogen functional groups attached to an aromatic ring is 1. The third-order valence-corrected chi connectivity index (χ3v) is 3.95. The van der Waals surface area contributed by atoms with Gasteiger partial charge in [0.2, 0.25) is 0 Å². The zero-order valence-corrected chi connectivity index (χ0v) is 10.4. The third kappa shape index (κ3) is 2.20. The van der Waals surface area contributed by atoms with Crippen LogP contribution < -0.4 is 15.8 Å². The van der Waals surface area contributed by atoms with Crippen molar-refractivity contribution < 1.29 is 4.74 Å². The van der Waals surface area contributed by atoms with Crippen LogP contribution in [0.25, 0.3) is 0 Å². The molecule has 2 aliphatic heterocycles. The van der Waals surface area contributed by atoms with Gasteiger partial charge in [-0.05, 0) is 43.9 Å². The Hall–Kier alpha value is -1.55. The second-order valence-corrected chi connectivity index (χ2v) is 5.28. The van der Waals surface area contributed by atoms with Crippen molar-refractivity contribution in [2.24, 2.45) is 0 Å². The van der Waals surface area contributed by atoms with Gasteiger partial charge in [-0.3, -0.25) is 0 Å². The molecule has 2 unspecified atom stereocenters. The van der Waals surface area contributed by atoms with E-state index >= 15 is 0 Å². The van der Waals surface area contributed by atoms with Gasteiger partial charge in [-0.1, -0.05) is 0 Å². The quantitative estimate of drug-likeness (QED) is 0.563. The molecule has 4 N–H and O–H groups in total. The first-order chi connectivity index (χ1) is 8.74. The van der Waals surface area contributed by atoms with E-state index in [0.717, 1.165) is 24.2 Å². The lowest BCUT2D eigenvalue weighted by atomic mass is 10.0. The van der Waals surface area contributed by atoms with Gasteiger partial charge in [0.15, 0.2) is 0 Å². The molecule has 4 heteroatoms. The van der Waals surface area contributed by atoms with E-state index < -0.39 is 0 Å². The van der Waals surface area contributed by atoms with Crippen LogP contribution in [-0.4, -0.2) is 24.4 Å². The lowest BCUT2D eigenvalue weighted by molar-refractivity contribution is 0.137. The first-order valence-corrected chi connectivity index (χ1v) is 6.57. The van der Waals surface area contributed by atoms with Gasteiger partial charge >= 0.3 is 0 Å². The summed E-state index contributed by atoms with van der Waals surface area (Å²) in [6.45, 7) is 0. The molecule has 96 valence electrons. The molecule has 0 saturated carbocycles. The normalized spacial score (nSPS) is 30.1. The minimum absolute atomic E-state index is 0.297. The Labute approximate surface area is 107 Å².